The zero-order chi connectivity index (χ0) is 31.3. The maximum Gasteiger partial charge on any atom is 0.255 e. The standard InChI is InChI=1S/C41H39N3O3/c45-39(42-20-18-25-12-14-28(15-13-25)27-6-2-1-3-7-27)31-17-16-29-22-34-41(46)23-32-30-8-4-5-9-33(30)43-36(32)38-40(41,35(29)37(31)47-38)19-21-44(34)24-26-10-11-26/h1-9,12-17,26,34,38,43,46H,10-11,18-24H2,(H,42,45)/t34-,38+,40+,41-/m1/s1. The van der Waals surface area contributed by atoms with Gasteiger partial charge in [0.1, 0.15) is 5.75 Å². The van der Waals surface area contributed by atoms with E-state index < -0.39 is 11.0 Å². The SMILES string of the molecule is O=C(NCCc1ccc(-c2ccccc2)cc1)c1ccc2c3c1O[C@H]1c4[nH]c5ccccc5c4C[C@@]4(O)[C@@H](C2)N(CC2CC2)CC[C@]314. The van der Waals surface area contributed by atoms with E-state index in [0.29, 0.717) is 24.3 Å². The van der Waals surface area contributed by atoms with Gasteiger partial charge in [-0.1, -0.05) is 78.9 Å². The zero-order valence-corrected chi connectivity index (χ0v) is 26.5. The number of hydrogen-bond acceptors (Lipinski definition) is 4. The van der Waals surface area contributed by atoms with Crippen molar-refractivity contribution in [3.8, 4) is 16.9 Å². The maximum atomic E-state index is 13.9. The summed E-state index contributed by atoms with van der Waals surface area (Å²) in [7, 11) is 0. The number of ether oxygens (including phenoxy) is 1. The lowest BCUT2D eigenvalue weighted by Gasteiger charge is -2.62. The monoisotopic (exact) mass is 621 g/mol. The molecule has 47 heavy (non-hydrogen) atoms. The number of aliphatic hydroxyl groups is 1. The highest BCUT2D eigenvalue weighted by atomic mass is 16.5. The Hall–Kier alpha value is -4.39. The molecular formula is C41H39N3O3. The van der Waals surface area contributed by atoms with Crippen molar-refractivity contribution in [3.05, 3.63) is 125 Å². The minimum absolute atomic E-state index is 0.0242. The molecule has 10 rings (SSSR count). The largest absolute Gasteiger partial charge is 0.482 e. The van der Waals surface area contributed by atoms with Crippen molar-refractivity contribution in [2.75, 3.05) is 19.6 Å². The molecule has 6 nitrogen and oxygen atoms in total. The molecular weight excluding hydrogens is 582 g/mol. The molecule has 1 spiro atoms. The number of carbonyl (C=O) groups excluding carboxylic acids is 1. The molecule has 1 saturated carbocycles. The predicted molar refractivity (Wildman–Crippen MR) is 183 cm³/mol. The van der Waals surface area contributed by atoms with Crippen molar-refractivity contribution in [1.82, 2.24) is 15.2 Å². The maximum absolute atomic E-state index is 13.9. The second-order valence-electron chi connectivity index (χ2n) is 14.6. The van der Waals surface area contributed by atoms with Crippen LogP contribution in [-0.2, 0) is 24.7 Å². The number of nitrogens with one attached hydrogen (secondary N) is 2. The molecule has 4 atom stereocenters. The number of rotatable bonds is 7. The third-order valence-electron chi connectivity index (χ3n) is 12.1. The number of benzene rings is 4. The Morgan fingerprint density at radius 3 is 2.57 bits per heavy atom. The van der Waals surface area contributed by atoms with Gasteiger partial charge in [0, 0.05) is 42.0 Å². The zero-order valence-electron chi connectivity index (χ0n) is 26.5. The van der Waals surface area contributed by atoms with Crippen molar-refractivity contribution in [2.24, 2.45) is 5.92 Å². The van der Waals surface area contributed by atoms with Crippen molar-refractivity contribution in [1.29, 1.82) is 0 Å². The van der Waals surface area contributed by atoms with Crippen molar-refractivity contribution >= 4 is 16.8 Å². The van der Waals surface area contributed by atoms with Crippen LogP contribution >= 0.6 is 0 Å². The number of hydrogen-bond donors (Lipinski definition) is 3. The van der Waals surface area contributed by atoms with E-state index in [0.717, 1.165) is 60.4 Å². The number of para-hydroxylation sites is 1. The van der Waals surface area contributed by atoms with Crippen LogP contribution in [0.5, 0.6) is 5.75 Å². The Bertz CT molecular complexity index is 2050. The number of H-pyrrole nitrogens is 1. The van der Waals surface area contributed by atoms with Crippen LogP contribution in [0.2, 0.25) is 0 Å². The van der Waals surface area contributed by atoms with Crippen LogP contribution in [0.25, 0.3) is 22.0 Å². The number of carbonyl (C=O) groups is 1. The van der Waals surface area contributed by atoms with Gasteiger partial charge >= 0.3 is 0 Å². The van der Waals surface area contributed by atoms with E-state index in [9.17, 15) is 9.90 Å². The molecule has 2 fully saturated rings. The molecule has 1 aromatic heterocycles. The first kappa shape index (κ1) is 27.7. The average Bonchev–Trinajstić information content (AvgIpc) is 3.74. The summed E-state index contributed by atoms with van der Waals surface area (Å²) < 4.78 is 7.03. The molecule has 2 bridgehead atoms. The fraction of sp³-hybridized carbons (Fsp3) is 0.341. The molecule has 3 heterocycles. The van der Waals surface area contributed by atoms with Gasteiger partial charge in [-0.3, -0.25) is 9.69 Å². The topological polar surface area (TPSA) is 77.6 Å². The van der Waals surface area contributed by atoms with Gasteiger partial charge in [-0.15, -0.1) is 0 Å². The third-order valence-corrected chi connectivity index (χ3v) is 12.1. The predicted octanol–water partition coefficient (Wildman–Crippen LogP) is 6.51. The van der Waals surface area contributed by atoms with Crippen LogP contribution in [0.3, 0.4) is 0 Å². The minimum atomic E-state index is -0.984. The van der Waals surface area contributed by atoms with E-state index in [4.69, 9.17) is 4.74 Å². The fourth-order valence-corrected chi connectivity index (χ4v) is 9.68. The van der Waals surface area contributed by atoms with Gasteiger partial charge in [0.25, 0.3) is 5.91 Å². The highest BCUT2D eigenvalue weighted by Crippen LogP contribution is 2.68. The molecule has 3 N–H and O–H groups in total. The Labute approximate surface area is 274 Å². The van der Waals surface area contributed by atoms with E-state index in [1.54, 1.807) is 0 Å². The molecule has 236 valence electrons. The molecule has 1 saturated heterocycles. The van der Waals surface area contributed by atoms with Gasteiger partial charge in [-0.25, -0.2) is 0 Å². The van der Waals surface area contributed by atoms with Crippen LogP contribution in [0, 0.1) is 5.92 Å². The van der Waals surface area contributed by atoms with Crippen LogP contribution in [0.1, 0.15) is 63.7 Å². The summed E-state index contributed by atoms with van der Waals surface area (Å²) in [5, 5.41) is 17.6. The Kier molecular flexibility index (Phi) is 5.93. The first-order valence-corrected chi connectivity index (χ1v) is 17.3. The Balaban J connectivity index is 0.986. The minimum Gasteiger partial charge on any atom is -0.482 e. The van der Waals surface area contributed by atoms with E-state index >= 15 is 0 Å². The average molecular weight is 622 g/mol. The normalized spacial score (nSPS) is 26.8. The molecule has 4 aromatic carbocycles. The van der Waals surface area contributed by atoms with Gasteiger partial charge in [-0.2, -0.15) is 0 Å². The summed E-state index contributed by atoms with van der Waals surface area (Å²) in [6.07, 6.45) is 5.16. The fourth-order valence-electron chi connectivity index (χ4n) is 9.68. The number of piperidine rings is 1. The van der Waals surface area contributed by atoms with Gasteiger partial charge in [0.05, 0.1) is 22.3 Å². The van der Waals surface area contributed by atoms with Gasteiger partial charge in [-0.05, 0) is 84.5 Å². The van der Waals surface area contributed by atoms with Crippen molar-refractivity contribution in [3.63, 3.8) is 0 Å². The molecule has 0 radical (unpaired) electrons. The third kappa shape index (κ3) is 3.95. The first-order valence-electron chi connectivity index (χ1n) is 17.3. The lowest BCUT2D eigenvalue weighted by atomic mass is 9.49. The summed E-state index contributed by atoms with van der Waals surface area (Å²) in [5.41, 5.74) is 8.20. The van der Waals surface area contributed by atoms with Gasteiger partial charge in [0.15, 0.2) is 6.10 Å². The van der Waals surface area contributed by atoms with E-state index in [2.05, 4.69) is 94.1 Å². The van der Waals surface area contributed by atoms with Crippen LogP contribution in [-0.4, -0.2) is 52.2 Å². The number of aromatic nitrogens is 1. The lowest BCUT2D eigenvalue weighted by Crippen LogP contribution is -2.74. The number of aromatic amines is 1. The lowest BCUT2D eigenvalue weighted by molar-refractivity contribution is -0.173. The Morgan fingerprint density at radius 2 is 1.74 bits per heavy atom. The summed E-state index contributed by atoms with van der Waals surface area (Å²) in [6, 6.07) is 31.5. The molecule has 5 aliphatic rings. The molecule has 2 aliphatic heterocycles. The molecule has 6 heteroatoms. The molecule has 1 amide bonds. The van der Waals surface area contributed by atoms with E-state index in [-0.39, 0.29) is 18.1 Å². The molecule has 3 aliphatic carbocycles. The highest BCUT2D eigenvalue weighted by molar-refractivity contribution is 5.98. The van der Waals surface area contributed by atoms with Gasteiger partial charge < -0.3 is 20.1 Å². The van der Waals surface area contributed by atoms with Crippen molar-refractivity contribution < 1.29 is 14.6 Å². The Morgan fingerprint density at radius 1 is 0.957 bits per heavy atom. The van der Waals surface area contributed by atoms with Crippen LogP contribution in [0.4, 0.5) is 0 Å². The number of likely N-dealkylation sites (tertiary alicyclic amines) is 1. The van der Waals surface area contributed by atoms with E-state index in [1.165, 1.54) is 40.7 Å². The number of amides is 1. The summed E-state index contributed by atoms with van der Waals surface area (Å²) in [4.78, 5) is 20.2. The van der Waals surface area contributed by atoms with Crippen LogP contribution < -0.4 is 10.1 Å². The molecule has 0 unspecified atom stereocenters. The number of fused-ring (bicyclic) bond motifs is 4. The quantitative estimate of drug-likeness (QED) is 0.194. The number of nitrogens with zero attached hydrogens (tertiary/aromatic N) is 1. The smallest absolute Gasteiger partial charge is 0.255 e. The summed E-state index contributed by atoms with van der Waals surface area (Å²) >= 11 is 0. The highest BCUT2D eigenvalue weighted by Gasteiger charge is 2.72. The second-order valence-corrected chi connectivity index (χ2v) is 14.6. The first-order chi connectivity index (χ1) is 23.0. The van der Waals surface area contributed by atoms with Crippen LogP contribution in [0.15, 0.2) is 91.0 Å². The van der Waals surface area contributed by atoms with E-state index in [1.807, 2.05) is 12.1 Å². The summed E-state index contributed by atoms with van der Waals surface area (Å²) in [5.74, 6) is 1.31. The van der Waals surface area contributed by atoms with Gasteiger partial charge in [0.2, 0.25) is 0 Å². The summed E-state index contributed by atoms with van der Waals surface area (Å²) in [6.45, 7) is 2.53. The second kappa shape index (κ2) is 10.1. The molecule has 5 aromatic rings. The van der Waals surface area contributed by atoms with Crippen molar-refractivity contribution in [2.45, 2.75) is 61.7 Å².